The number of rotatable bonds is 1. The second kappa shape index (κ2) is 5.14. The van der Waals surface area contributed by atoms with Gasteiger partial charge < -0.3 is 5.11 Å². The van der Waals surface area contributed by atoms with E-state index >= 15 is 0 Å². The van der Waals surface area contributed by atoms with Crippen molar-refractivity contribution in [2.24, 2.45) is 22.7 Å². The van der Waals surface area contributed by atoms with Crippen LogP contribution >= 0.6 is 0 Å². The van der Waals surface area contributed by atoms with Gasteiger partial charge in [-0.15, -0.1) is 0 Å². The van der Waals surface area contributed by atoms with Gasteiger partial charge in [0.2, 0.25) is 11.6 Å². The predicted octanol–water partition coefficient (Wildman–Crippen LogP) is 3.71. The SMILES string of the molecule is CC(C)C1=C(O)C2=C(C(=O)C1=O)[C@@]1(C)CCCC(C)(C)[C@@H]1CC2=O. The Balaban J connectivity index is 2.29. The quantitative estimate of drug-likeness (QED) is 0.588. The number of carbonyl (C=O) groups excluding carboxylic acids is 3. The van der Waals surface area contributed by atoms with Crippen molar-refractivity contribution in [3.8, 4) is 0 Å². The lowest BCUT2D eigenvalue weighted by Crippen LogP contribution is -2.51. The highest BCUT2D eigenvalue weighted by atomic mass is 16.3. The molecule has 0 aliphatic heterocycles. The lowest BCUT2D eigenvalue weighted by atomic mass is 9.48. The number of fused-ring (bicyclic) bond motifs is 2. The van der Waals surface area contributed by atoms with Crippen LogP contribution in [0.1, 0.15) is 60.3 Å². The molecule has 130 valence electrons. The lowest BCUT2D eigenvalue weighted by molar-refractivity contribution is -0.136. The number of hydrogen-bond acceptors (Lipinski definition) is 4. The van der Waals surface area contributed by atoms with Crippen LogP contribution in [-0.4, -0.2) is 22.5 Å². The first-order valence-electron chi connectivity index (χ1n) is 8.83. The minimum absolute atomic E-state index is 0.0233. The van der Waals surface area contributed by atoms with Crippen LogP contribution in [-0.2, 0) is 14.4 Å². The standard InChI is InChI=1S/C20H26O4/c1-10(2)13-16(22)14-11(21)9-12-19(3,4)7-6-8-20(12,5)15(14)18(24)17(13)23/h10,12,22H,6-9H2,1-5H3/t12-,20-/m0/s1. The molecule has 0 aromatic heterocycles. The van der Waals surface area contributed by atoms with E-state index in [0.717, 1.165) is 19.3 Å². The van der Waals surface area contributed by atoms with E-state index < -0.39 is 17.0 Å². The van der Waals surface area contributed by atoms with Gasteiger partial charge in [-0.3, -0.25) is 14.4 Å². The smallest absolute Gasteiger partial charge is 0.233 e. The molecule has 0 radical (unpaired) electrons. The molecule has 0 amide bonds. The van der Waals surface area contributed by atoms with E-state index in [4.69, 9.17) is 0 Å². The second-order valence-electron chi connectivity index (χ2n) is 8.76. The molecule has 0 heterocycles. The largest absolute Gasteiger partial charge is 0.507 e. The molecule has 1 saturated carbocycles. The summed E-state index contributed by atoms with van der Waals surface area (Å²) in [6, 6.07) is 0. The molecule has 0 bridgehead atoms. The summed E-state index contributed by atoms with van der Waals surface area (Å²) in [5, 5.41) is 10.7. The molecule has 4 nitrogen and oxygen atoms in total. The van der Waals surface area contributed by atoms with Crippen molar-refractivity contribution in [2.75, 3.05) is 0 Å². The van der Waals surface area contributed by atoms with Gasteiger partial charge in [0.15, 0.2) is 5.78 Å². The Labute approximate surface area is 143 Å². The number of carbonyl (C=O) groups is 3. The first kappa shape index (κ1) is 17.1. The molecule has 3 aliphatic rings. The molecule has 0 aromatic rings. The summed E-state index contributed by atoms with van der Waals surface area (Å²) in [6.45, 7) is 9.78. The van der Waals surface area contributed by atoms with Crippen LogP contribution in [0.15, 0.2) is 22.5 Å². The van der Waals surface area contributed by atoms with Crippen LogP contribution in [0.4, 0.5) is 0 Å². The highest BCUT2D eigenvalue weighted by molar-refractivity contribution is 6.51. The Bertz CT molecular complexity index is 720. The summed E-state index contributed by atoms with van der Waals surface area (Å²) in [5.74, 6) is -1.94. The molecule has 3 rings (SSSR count). The van der Waals surface area contributed by atoms with Crippen molar-refractivity contribution >= 4 is 17.3 Å². The number of hydrogen-bond donors (Lipinski definition) is 1. The van der Waals surface area contributed by atoms with Crippen LogP contribution in [0.25, 0.3) is 0 Å². The zero-order chi connectivity index (χ0) is 18.0. The molecule has 1 N–H and O–H groups in total. The highest BCUT2D eigenvalue weighted by Crippen LogP contribution is 2.60. The van der Waals surface area contributed by atoms with Crippen molar-refractivity contribution < 1.29 is 19.5 Å². The van der Waals surface area contributed by atoms with Crippen molar-refractivity contribution in [3.05, 3.63) is 22.5 Å². The van der Waals surface area contributed by atoms with E-state index in [2.05, 4.69) is 13.8 Å². The molecule has 2 atom stereocenters. The summed E-state index contributed by atoms with van der Waals surface area (Å²) >= 11 is 0. The molecule has 4 heteroatoms. The molecule has 1 fully saturated rings. The summed E-state index contributed by atoms with van der Waals surface area (Å²) < 4.78 is 0. The van der Waals surface area contributed by atoms with E-state index in [0.29, 0.717) is 6.42 Å². The second-order valence-corrected chi connectivity index (χ2v) is 8.76. The topological polar surface area (TPSA) is 71.4 Å². The first-order chi connectivity index (χ1) is 11.0. The lowest BCUT2D eigenvalue weighted by Gasteiger charge is -2.54. The maximum atomic E-state index is 12.9. The zero-order valence-electron chi connectivity index (χ0n) is 15.2. The molecule has 0 aromatic carbocycles. The zero-order valence-corrected chi connectivity index (χ0v) is 15.2. The van der Waals surface area contributed by atoms with Gasteiger partial charge in [0, 0.05) is 23.0 Å². The Morgan fingerprint density at radius 1 is 1.04 bits per heavy atom. The monoisotopic (exact) mass is 330 g/mol. The van der Waals surface area contributed by atoms with Gasteiger partial charge in [0.05, 0.1) is 5.57 Å². The third kappa shape index (κ3) is 2.08. The van der Waals surface area contributed by atoms with E-state index in [-0.39, 0.29) is 45.5 Å². The predicted molar refractivity (Wildman–Crippen MR) is 90.4 cm³/mol. The molecular weight excluding hydrogens is 304 g/mol. The Morgan fingerprint density at radius 2 is 1.67 bits per heavy atom. The third-order valence-electron chi connectivity index (χ3n) is 6.47. The van der Waals surface area contributed by atoms with Gasteiger partial charge in [-0.2, -0.15) is 0 Å². The minimum atomic E-state index is -0.640. The fourth-order valence-corrected chi connectivity index (χ4v) is 5.27. The Morgan fingerprint density at radius 3 is 2.25 bits per heavy atom. The van der Waals surface area contributed by atoms with Gasteiger partial charge >= 0.3 is 0 Å². The molecule has 24 heavy (non-hydrogen) atoms. The minimum Gasteiger partial charge on any atom is -0.507 e. The van der Waals surface area contributed by atoms with E-state index in [1.807, 2.05) is 6.92 Å². The number of allylic oxidation sites excluding steroid dienone is 3. The van der Waals surface area contributed by atoms with Crippen LogP contribution in [0.3, 0.4) is 0 Å². The maximum Gasteiger partial charge on any atom is 0.233 e. The molecular formula is C20H26O4. The Hall–Kier alpha value is -1.71. The molecule has 3 aliphatic carbocycles. The number of Topliss-reactive ketones (excluding diaryl/α,β-unsaturated/α-hetero) is 3. The molecule has 0 saturated heterocycles. The number of aliphatic hydroxyl groups is 1. The van der Waals surface area contributed by atoms with Gasteiger partial charge in [-0.1, -0.05) is 41.0 Å². The van der Waals surface area contributed by atoms with Crippen LogP contribution in [0, 0.1) is 22.7 Å². The van der Waals surface area contributed by atoms with Gasteiger partial charge in [-0.25, -0.2) is 0 Å². The summed E-state index contributed by atoms with van der Waals surface area (Å²) in [6.07, 6.45) is 3.06. The summed E-state index contributed by atoms with van der Waals surface area (Å²) in [7, 11) is 0. The van der Waals surface area contributed by atoms with Crippen molar-refractivity contribution in [3.63, 3.8) is 0 Å². The van der Waals surface area contributed by atoms with E-state index in [1.54, 1.807) is 13.8 Å². The summed E-state index contributed by atoms with van der Waals surface area (Å²) in [4.78, 5) is 38.4. The number of aliphatic hydroxyl groups excluding tert-OH is 1. The highest BCUT2D eigenvalue weighted by Gasteiger charge is 2.57. The van der Waals surface area contributed by atoms with Crippen molar-refractivity contribution in [1.29, 1.82) is 0 Å². The van der Waals surface area contributed by atoms with Crippen LogP contribution in [0.5, 0.6) is 0 Å². The van der Waals surface area contributed by atoms with Gasteiger partial charge in [0.25, 0.3) is 0 Å². The molecule has 0 spiro atoms. The fraction of sp³-hybridized carbons (Fsp3) is 0.650. The summed E-state index contributed by atoms with van der Waals surface area (Å²) in [5.41, 5.74) is -0.0939. The Kier molecular flexibility index (Phi) is 3.67. The molecule has 0 unspecified atom stereocenters. The van der Waals surface area contributed by atoms with Crippen molar-refractivity contribution in [1.82, 2.24) is 0 Å². The normalized spacial score (nSPS) is 33.1. The van der Waals surface area contributed by atoms with Crippen LogP contribution in [0.2, 0.25) is 0 Å². The van der Waals surface area contributed by atoms with E-state index in [9.17, 15) is 19.5 Å². The third-order valence-corrected chi connectivity index (χ3v) is 6.47. The van der Waals surface area contributed by atoms with Gasteiger partial charge in [-0.05, 0) is 30.1 Å². The van der Waals surface area contributed by atoms with Crippen molar-refractivity contribution in [2.45, 2.75) is 60.3 Å². The van der Waals surface area contributed by atoms with E-state index in [1.165, 1.54) is 0 Å². The average Bonchev–Trinajstić information content (AvgIpc) is 2.45. The average molecular weight is 330 g/mol. The first-order valence-corrected chi connectivity index (χ1v) is 8.83. The number of ketones is 3. The van der Waals surface area contributed by atoms with Gasteiger partial charge in [0.1, 0.15) is 5.76 Å². The van der Waals surface area contributed by atoms with Crippen LogP contribution < -0.4 is 0 Å². The fourth-order valence-electron chi connectivity index (χ4n) is 5.27. The maximum absolute atomic E-state index is 12.9.